The van der Waals surface area contributed by atoms with Gasteiger partial charge in [-0.3, -0.25) is 9.69 Å². The Morgan fingerprint density at radius 2 is 1.75 bits per heavy atom. The summed E-state index contributed by atoms with van der Waals surface area (Å²) < 4.78 is 0. The number of aliphatic carboxylic acids is 1. The first-order valence-electron chi connectivity index (χ1n) is 10.7. The second kappa shape index (κ2) is 12.0. The van der Waals surface area contributed by atoms with Crippen LogP contribution < -0.4 is 5.73 Å². The number of nitrogens with two attached hydrogens (primary N) is 1. The highest BCUT2D eigenvalue weighted by Gasteiger charge is 2.43. The second-order valence-electron chi connectivity index (χ2n) is 8.26. The Balaban J connectivity index is 2.20. The zero-order chi connectivity index (χ0) is 23.9. The van der Waals surface area contributed by atoms with Crippen LogP contribution in [0.1, 0.15) is 38.2 Å². The minimum absolute atomic E-state index is 0.171. The van der Waals surface area contributed by atoms with E-state index in [4.69, 9.17) is 28.9 Å². The van der Waals surface area contributed by atoms with Gasteiger partial charge in [-0.1, -0.05) is 73.3 Å². The van der Waals surface area contributed by atoms with Crippen LogP contribution in [0.25, 0.3) is 11.1 Å². The van der Waals surface area contributed by atoms with E-state index in [9.17, 15) is 19.9 Å². The third-order valence-electron chi connectivity index (χ3n) is 5.77. The molecule has 0 aliphatic heterocycles. The molecule has 0 aliphatic rings. The van der Waals surface area contributed by atoms with Crippen molar-refractivity contribution in [3.8, 4) is 11.1 Å². The molecule has 32 heavy (non-hydrogen) atoms. The summed E-state index contributed by atoms with van der Waals surface area (Å²) in [7, 11) is 0.436. The zero-order valence-electron chi connectivity index (χ0n) is 18.5. The van der Waals surface area contributed by atoms with Crippen LogP contribution in [0.15, 0.2) is 42.5 Å². The van der Waals surface area contributed by atoms with Gasteiger partial charge in [0.2, 0.25) is 0 Å². The predicted molar refractivity (Wildman–Crippen MR) is 131 cm³/mol. The van der Waals surface area contributed by atoms with E-state index in [1.807, 2.05) is 55.3 Å². The average Bonchev–Trinajstić information content (AvgIpc) is 2.73. The Morgan fingerprint density at radius 3 is 2.28 bits per heavy atom. The molecule has 174 valence electrons. The SMILES string of the molecule is CCCC(N)(C(=O)O)C(CCCB(O)O)N(C)Cc1ccc(-c2ccc(Cl)c(Cl)c2)cc1. The quantitative estimate of drug-likeness (QED) is 0.337. The highest BCUT2D eigenvalue weighted by atomic mass is 35.5. The summed E-state index contributed by atoms with van der Waals surface area (Å²) >= 11 is 12.1. The van der Waals surface area contributed by atoms with Gasteiger partial charge in [-0.15, -0.1) is 0 Å². The van der Waals surface area contributed by atoms with Gasteiger partial charge in [0.15, 0.2) is 0 Å². The molecule has 9 heteroatoms. The fourth-order valence-corrected chi connectivity index (χ4v) is 4.37. The summed E-state index contributed by atoms with van der Waals surface area (Å²) in [4.78, 5) is 14.0. The molecule has 0 bridgehead atoms. The van der Waals surface area contributed by atoms with Gasteiger partial charge in [0, 0.05) is 12.6 Å². The van der Waals surface area contributed by atoms with Crippen molar-refractivity contribution in [1.29, 1.82) is 0 Å². The van der Waals surface area contributed by atoms with Crippen LogP contribution in [0.2, 0.25) is 16.4 Å². The summed E-state index contributed by atoms with van der Waals surface area (Å²) in [6, 6.07) is 13.0. The molecule has 5 N–H and O–H groups in total. The number of rotatable bonds is 12. The maximum Gasteiger partial charge on any atom is 0.451 e. The van der Waals surface area contributed by atoms with Crippen LogP contribution in [-0.2, 0) is 11.3 Å². The fourth-order valence-electron chi connectivity index (χ4n) is 4.07. The van der Waals surface area contributed by atoms with E-state index in [0.29, 0.717) is 42.3 Å². The van der Waals surface area contributed by atoms with E-state index in [2.05, 4.69) is 0 Å². The largest absolute Gasteiger partial charge is 0.480 e. The lowest BCUT2D eigenvalue weighted by atomic mass is 9.78. The lowest BCUT2D eigenvalue weighted by Gasteiger charge is -2.40. The first kappa shape index (κ1) is 26.6. The van der Waals surface area contributed by atoms with Crippen molar-refractivity contribution in [3.63, 3.8) is 0 Å². The molecule has 2 aromatic rings. The topological polar surface area (TPSA) is 107 Å². The first-order valence-corrected chi connectivity index (χ1v) is 11.5. The summed E-state index contributed by atoms with van der Waals surface area (Å²) in [5.41, 5.74) is 7.93. The van der Waals surface area contributed by atoms with Gasteiger partial charge in [-0.25, -0.2) is 0 Å². The Kier molecular flexibility index (Phi) is 10.0. The van der Waals surface area contributed by atoms with E-state index in [-0.39, 0.29) is 6.32 Å². The smallest absolute Gasteiger partial charge is 0.451 e. The van der Waals surface area contributed by atoms with Crippen LogP contribution in [0.3, 0.4) is 0 Å². The maximum atomic E-state index is 12.1. The van der Waals surface area contributed by atoms with E-state index in [1.165, 1.54) is 0 Å². The minimum Gasteiger partial charge on any atom is -0.480 e. The Morgan fingerprint density at radius 1 is 1.12 bits per heavy atom. The average molecular weight is 481 g/mol. The molecule has 2 rings (SSSR count). The van der Waals surface area contributed by atoms with Crippen molar-refractivity contribution in [2.75, 3.05) is 7.05 Å². The molecule has 0 fully saturated rings. The molecule has 6 nitrogen and oxygen atoms in total. The van der Waals surface area contributed by atoms with Gasteiger partial charge in [-0.2, -0.15) is 0 Å². The number of hydrogen-bond donors (Lipinski definition) is 4. The highest BCUT2D eigenvalue weighted by Crippen LogP contribution is 2.30. The number of carbonyl (C=O) groups is 1. The first-order chi connectivity index (χ1) is 15.1. The molecule has 0 amide bonds. The van der Waals surface area contributed by atoms with Crippen LogP contribution >= 0.6 is 23.2 Å². The minimum atomic E-state index is -1.43. The van der Waals surface area contributed by atoms with E-state index < -0.39 is 24.7 Å². The Hall–Kier alpha value is -1.61. The molecule has 2 aromatic carbocycles. The van der Waals surface area contributed by atoms with Gasteiger partial charge in [0.05, 0.1) is 10.0 Å². The van der Waals surface area contributed by atoms with Crippen LogP contribution in [0.5, 0.6) is 0 Å². The number of carboxylic acids is 1. The molecular formula is C23H31BCl2N2O4. The van der Waals surface area contributed by atoms with Gasteiger partial charge in [-0.05, 0) is 55.0 Å². The summed E-state index contributed by atoms with van der Waals surface area (Å²) in [5, 5.41) is 29.3. The van der Waals surface area contributed by atoms with Gasteiger partial charge < -0.3 is 20.9 Å². The number of benzene rings is 2. The number of carboxylic acid groups (broad SMARTS) is 1. The molecule has 0 heterocycles. The van der Waals surface area contributed by atoms with Gasteiger partial charge >= 0.3 is 13.1 Å². The third-order valence-corrected chi connectivity index (χ3v) is 6.51. The summed E-state index contributed by atoms with van der Waals surface area (Å²) in [6.45, 7) is 2.41. The summed E-state index contributed by atoms with van der Waals surface area (Å²) in [6.07, 6.45) is 2.03. The lowest BCUT2D eigenvalue weighted by molar-refractivity contribution is -0.147. The Bertz CT molecular complexity index is 898. The number of hydrogen-bond acceptors (Lipinski definition) is 5. The second-order valence-corrected chi connectivity index (χ2v) is 9.08. The molecule has 0 radical (unpaired) electrons. The van der Waals surface area contributed by atoms with Gasteiger partial charge in [0.25, 0.3) is 0 Å². The molecule has 0 saturated heterocycles. The van der Waals surface area contributed by atoms with Crippen molar-refractivity contribution >= 4 is 36.3 Å². The molecule has 2 unspecified atom stereocenters. The lowest BCUT2D eigenvalue weighted by Crippen LogP contribution is -2.62. The predicted octanol–water partition coefficient (Wildman–Crippen LogP) is 4.30. The fraction of sp³-hybridized carbons (Fsp3) is 0.435. The highest BCUT2D eigenvalue weighted by molar-refractivity contribution is 6.42. The number of halogens is 2. The number of likely N-dealkylation sites (N-methyl/N-ethyl adjacent to an activating group) is 1. The normalized spacial score (nSPS) is 14.2. The van der Waals surface area contributed by atoms with Crippen molar-refractivity contribution in [1.82, 2.24) is 4.90 Å². The standard InChI is InChI=1S/C23H31BCl2N2O4/c1-3-12-23(27,22(29)30)21(5-4-13-24(31)32)28(2)15-16-6-8-17(9-7-16)18-10-11-19(25)20(26)14-18/h6-11,14,21,31-32H,3-5,12-13,15,27H2,1-2H3,(H,29,30). The van der Waals surface area contributed by atoms with Crippen molar-refractivity contribution in [2.24, 2.45) is 5.73 Å². The number of nitrogens with zero attached hydrogens (tertiary/aromatic N) is 1. The molecule has 2 atom stereocenters. The van der Waals surface area contributed by atoms with Crippen molar-refractivity contribution < 1.29 is 19.9 Å². The molecule has 0 saturated carbocycles. The maximum absolute atomic E-state index is 12.1. The molecule has 0 spiro atoms. The van der Waals surface area contributed by atoms with E-state index >= 15 is 0 Å². The zero-order valence-corrected chi connectivity index (χ0v) is 20.0. The van der Waals surface area contributed by atoms with E-state index in [0.717, 1.165) is 16.7 Å². The third kappa shape index (κ3) is 6.94. The molecule has 0 aromatic heterocycles. The van der Waals surface area contributed by atoms with Crippen LogP contribution in [-0.4, -0.2) is 51.8 Å². The van der Waals surface area contributed by atoms with Crippen LogP contribution in [0.4, 0.5) is 0 Å². The molecular weight excluding hydrogens is 450 g/mol. The van der Waals surface area contributed by atoms with Crippen molar-refractivity contribution in [3.05, 3.63) is 58.1 Å². The van der Waals surface area contributed by atoms with Gasteiger partial charge in [0.1, 0.15) is 5.54 Å². The Labute approximate surface area is 200 Å². The van der Waals surface area contributed by atoms with Crippen LogP contribution in [0, 0.1) is 0 Å². The van der Waals surface area contributed by atoms with Crippen molar-refractivity contribution in [2.45, 2.75) is 57.1 Å². The summed E-state index contributed by atoms with van der Waals surface area (Å²) in [5.74, 6) is -1.05. The monoisotopic (exact) mass is 480 g/mol. The molecule has 0 aliphatic carbocycles. The van der Waals surface area contributed by atoms with E-state index in [1.54, 1.807) is 6.07 Å².